The van der Waals surface area contributed by atoms with Crippen LogP contribution in [0.5, 0.6) is 0 Å². The molecule has 25 heavy (non-hydrogen) atoms. The summed E-state index contributed by atoms with van der Waals surface area (Å²) in [6, 6.07) is 13.1. The number of Topliss-reactive ketones (excluding diaryl/α,β-unsaturated/α-hetero) is 1. The molecule has 0 atom stereocenters. The molecule has 3 rings (SSSR count). The summed E-state index contributed by atoms with van der Waals surface area (Å²) in [6.07, 6.45) is 0. The second-order valence-electron chi connectivity index (χ2n) is 5.07. The average molecular weight is 394 g/mol. The Bertz CT molecular complexity index is 853. The molecule has 1 heterocycles. The first-order valence-corrected chi connectivity index (χ1v) is 9.51. The average Bonchev–Trinajstić information content (AvgIpc) is 3.08. The SMILES string of the molecule is O=C(CNc1nnc(SCc2ccc(F)cc2)s1)c1ccc(Cl)cc1. The van der Waals surface area contributed by atoms with E-state index in [-0.39, 0.29) is 18.1 Å². The van der Waals surface area contributed by atoms with Gasteiger partial charge in [0.1, 0.15) is 5.82 Å². The number of hydrogen-bond acceptors (Lipinski definition) is 6. The predicted molar refractivity (Wildman–Crippen MR) is 100 cm³/mol. The molecule has 0 aliphatic carbocycles. The van der Waals surface area contributed by atoms with Gasteiger partial charge in [0.25, 0.3) is 0 Å². The van der Waals surface area contributed by atoms with Crippen LogP contribution in [0.4, 0.5) is 9.52 Å². The minimum atomic E-state index is -0.249. The van der Waals surface area contributed by atoms with Crippen molar-refractivity contribution in [2.24, 2.45) is 0 Å². The fraction of sp³-hybridized carbons (Fsp3) is 0.118. The summed E-state index contributed by atoms with van der Waals surface area (Å²) in [7, 11) is 0. The maximum absolute atomic E-state index is 12.9. The highest BCUT2D eigenvalue weighted by Gasteiger charge is 2.09. The smallest absolute Gasteiger partial charge is 0.206 e. The van der Waals surface area contributed by atoms with Crippen LogP contribution in [0.1, 0.15) is 15.9 Å². The van der Waals surface area contributed by atoms with Crippen molar-refractivity contribution in [3.63, 3.8) is 0 Å². The van der Waals surface area contributed by atoms with Crippen molar-refractivity contribution in [3.8, 4) is 0 Å². The topological polar surface area (TPSA) is 54.9 Å². The third kappa shape index (κ3) is 5.26. The molecule has 0 fully saturated rings. The van der Waals surface area contributed by atoms with Gasteiger partial charge in [-0.05, 0) is 42.0 Å². The van der Waals surface area contributed by atoms with Crippen LogP contribution in [0.2, 0.25) is 5.02 Å². The van der Waals surface area contributed by atoms with Crippen LogP contribution in [0, 0.1) is 5.82 Å². The van der Waals surface area contributed by atoms with Crippen molar-refractivity contribution >= 4 is 45.6 Å². The molecule has 128 valence electrons. The lowest BCUT2D eigenvalue weighted by atomic mass is 10.1. The minimum absolute atomic E-state index is 0.0487. The van der Waals surface area contributed by atoms with Crippen molar-refractivity contribution in [1.29, 1.82) is 0 Å². The number of aromatic nitrogens is 2. The van der Waals surface area contributed by atoms with Gasteiger partial charge in [-0.3, -0.25) is 4.79 Å². The number of benzene rings is 2. The van der Waals surface area contributed by atoms with Gasteiger partial charge in [-0.2, -0.15) is 0 Å². The van der Waals surface area contributed by atoms with Gasteiger partial charge in [-0.15, -0.1) is 10.2 Å². The standard InChI is InChI=1S/C17H13ClFN3OS2/c18-13-5-3-12(4-6-13)15(23)9-20-16-21-22-17(25-16)24-10-11-1-7-14(19)8-2-11/h1-8H,9-10H2,(H,20,21). The molecule has 0 unspecified atom stereocenters. The van der Waals surface area contributed by atoms with E-state index >= 15 is 0 Å². The molecule has 2 aromatic carbocycles. The quantitative estimate of drug-likeness (QED) is 0.456. The number of halogens is 2. The van der Waals surface area contributed by atoms with Crippen molar-refractivity contribution < 1.29 is 9.18 Å². The Morgan fingerprint density at radius 2 is 1.84 bits per heavy atom. The van der Waals surface area contributed by atoms with Gasteiger partial charge in [0, 0.05) is 16.3 Å². The molecular formula is C17H13ClFN3OS2. The van der Waals surface area contributed by atoms with Gasteiger partial charge in [0.15, 0.2) is 10.1 Å². The van der Waals surface area contributed by atoms with Crippen molar-refractivity contribution in [3.05, 3.63) is 70.5 Å². The molecule has 0 saturated carbocycles. The molecule has 0 bridgehead atoms. The normalized spacial score (nSPS) is 10.6. The third-order valence-corrected chi connectivity index (χ3v) is 5.59. The zero-order valence-corrected chi connectivity index (χ0v) is 15.3. The van der Waals surface area contributed by atoms with Crippen molar-refractivity contribution in [1.82, 2.24) is 10.2 Å². The summed E-state index contributed by atoms with van der Waals surface area (Å²) < 4.78 is 13.7. The molecule has 4 nitrogen and oxygen atoms in total. The number of thioether (sulfide) groups is 1. The molecule has 0 spiro atoms. The van der Waals surface area contributed by atoms with Crippen LogP contribution in [0.25, 0.3) is 0 Å². The summed E-state index contributed by atoms with van der Waals surface area (Å²) in [5.41, 5.74) is 1.60. The van der Waals surface area contributed by atoms with E-state index in [1.54, 1.807) is 36.4 Å². The van der Waals surface area contributed by atoms with Crippen LogP contribution in [0.15, 0.2) is 52.9 Å². The highest BCUT2D eigenvalue weighted by atomic mass is 35.5. The van der Waals surface area contributed by atoms with Crippen LogP contribution in [0.3, 0.4) is 0 Å². The van der Waals surface area contributed by atoms with Crippen molar-refractivity contribution in [2.45, 2.75) is 10.1 Å². The molecule has 0 aliphatic rings. The number of carbonyl (C=O) groups excluding carboxylic acids is 1. The summed E-state index contributed by atoms with van der Waals surface area (Å²) in [6.45, 7) is 0.138. The minimum Gasteiger partial charge on any atom is -0.353 e. The first kappa shape index (κ1) is 17.8. The lowest BCUT2D eigenvalue weighted by Gasteiger charge is -2.02. The number of ketones is 1. The van der Waals surface area contributed by atoms with Gasteiger partial charge < -0.3 is 5.32 Å². The van der Waals surface area contributed by atoms with Gasteiger partial charge >= 0.3 is 0 Å². The molecular weight excluding hydrogens is 381 g/mol. The number of hydrogen-bond donors (Lipinski definition) is 1. The zero-order valence-electron chi connectivity index (χ0n) is 12.9. The Hall–Kier alpha value is -1.96. The van der Waals surface area contributed by atoms with Gasteiger partial charge in [-0.1, -0.05) is 46.8 Å². The second kappa shape index (κ2) is 8.42. The lowest BCUT2D eigenvalue weighted by Crippen LogP contribution is -2.13. The number of rotatable bonds is 7. The van der Waals surface area contributed by atoms with E-state index in [1.165, 1.54) is 35.2 Å². The number of nitrogens with zero attached hydrogens (tertiary/aromatic N) is 2. The maximum Gasteiger partial charge on any atom is 0.206 e. The fourth-order valence-electron chi connectivity index (χ4n) is 1.96. The molecule has 0 saturated heterocycles. The molecule has 0 aliphatic heterocycles. The molecule has 3 aromatic rings. The van der Waals surface area contributed by atoms with E-state index in [9.17, 15) is 9.18 Å². The van der Waals surface area contributed by atoms with Gasteiger partial charge in [0.2, 0.25) is 5.13 Å². The Labute approximate surface area is 157 Å². The second-order valence-corrected chi connectivity index (χ2v) is 7.71. The van der Waals surface area contributed by atoms with Gasteiger partial charge in [-0.25, -0.2) is 4.39 Å². The van der Waals surface area contributed by atoms with E-state index in [1.807, 2.05) is 0 Å². The summed E-state index contributed by atoms with van der Waals surface area (Å²) >= 11 is 8.70. The van der Waals surface area contributed by atoms with E-state index in [0.717, 1.165) is 9.90 Å². The zero-order chi connectivity index (χ0) is 17.6. The highest BCUT2D eigenvalue weighted by molar-refractivity contribution is 8.00. The largest absolute Gasteiger partial charge is 0.353 e. The van der Waals surface area contributed by atoms with Crippen LogP contribution in [-0.4, -0.2) is 22.5 Å². The predicted octanol–water partition coefficient (Wildman–Crippen LogP) is 4.92. The van der Waals surface area contributed by atoms with E-state index in [0.29, 0.717) is 21.5 Å². The fourth-order valence-corrected chi connectivity index (χ4v) is 3.79. The summed E-state index contributed by atoms with van der Waals surface area (Å²) in [4.78, 5) is 12.1. The molecule has 8 heteroatoms. The number of carbonyl (C=O) groups is 1. The Morgan fingerprint density at radius 3 is 2.56 bits per heavy atom. The first-order valence-electron chi connectivity index (χ1n) is 7.33. The third-order valence-electron chi connectivity index (χ3n) is 3.25. The Morgan fingerprint density at radius 1 is 1.12 bits per heavy atom. The molecule has 0 amide bonds. The number of nitrogens with one attached hydrogen (secondary N) is 1. The first-order chi connectivity index (χ1) is 12.1. The number of anilines is 1. The van der Waals surface area contributed by atoms with Crippen LogP contribution >= 0.6 is 34.7 Å². The van der Waals surface area contributed by atoms with E-state index < -0.39 is 0 Å². The maximum atomic E-state index is 12.9. The summed E-state index contributed by atoms with van der Waals surface area (Å²) in [5.74, 6) is 0.382. The Balaban J connectivity index is 1.50. The van der Waals surface area contributed by atoms with E-state index in [2.05, 4.69) is 15.5 Å². The van der Waals surface area contributed by atoms with Gasteiger partial charge in [0.05, 0.1) is 6.54 Å². The molecule has 1 aromatic heterocycles. The lowest BCUT2D eigenvalue weighted by molar-refractivity contribution is 0.101. The van der Waals surface area contributed by atoms with Crippen LogP contribution in [-0.2, 0) is 5.75 Å². The highest BCUT2D eigenvalue weighted by Crippen LogP contribution is 2.28. The monoisotopic (exact) mass is 393 g/mol. The van der Waals surface area contributed by atoms with Crippen molar-refractivity contribution in [2.75, 3.05) is 11.9 Å². The van der Waals surface area contributed by atoms with Crippen LogP contribution < -0.4 is 5.32 Å². The summed E-state index contributed by atoms with van der Waals surface area (Å²) in [5, 5.41) is 12.3. The molecule has 1 N–H and O–H groups in total. The Kier molecular flexibility index (Phi) is 6.01. The van der Waals surface area contributed by atoms with E-state index in [4.69, 9.17) is 11.6 Å². The molecule has 0 radical (unpaired) electrons.